The summed E-state index contributed by atoms with van der Waals surface area (Å²) in [5, 5.41) is 12.2. The van der Waals surface area contributed by atoms with Crippen LogP contribution in [0.1, 0.15) is 21.5 Å². The second-order valence-corrected chi connectivity index (χ2v) is 4.27. The Bertz CT molecular complexity index is 591. The number of benzene rings is 2. The molecule has 0 saturated heterocycles. The number of aryl methyl sites for hydroxylation is 2. The average molecular weight is 241 g/mol. The van der Waals surface area contributed by atoms with Gasteiger partial charge in [-0.3, -0.25) is 0 Å². The number of carbonyl (C=O) groups is 1. The molecule has 2 rings (SSSR count). The topological polar surface area (TPSA) is 49.3 Å². The number of hydrogen-bond acceptors (Lipinski definition) is 2. The summed E-state index contributed by atoms with van der Waals surface area (Å²) in [6.45, 7) is 3.93. The van der Waals surface area contributed by atoms with Gasteiger partial charge in [0.2, 0.25) is 0 Å². The van der Waals surface area contributed by atoms with E-state index in [1.165, 1.54) is 0 Å². The second-order valence-electron chi connectivity index (χ2n) is 4.27. The molecule has 2 N–H and O–H groups in total. The molecule has 0 aromatic heterocycles. The molecule has 3 nitrogen and oxygen atoms in total. The third kappa shape index (κ3) is 2.51. The van der Waals surface area contributed by atoms with Crippen molar-refractivity contribution >= 4 is 17.3 Å². The van der Waals surface area contributed by atoms with Gasteiger partial charge in [-0.2, -0.15) is 0 Å². The van der Waals surface area contributed by atoms with Gasteiger partial charge in [0.25, 0.3) is 0 Å². The molecule has 3 heteroatoms. The highest BCUT2D eigenvalue weighted by molar-refractivity contribution is 5.88. The molecule has 0 aliphatic rings. The third-order valence-corrected chi connectivity index (χ3v) is 2.89. The molecule has 92 valence electrons. The highest BCUT2D eigenvalue weighted by atomic mass is 16.4. The van der Waals surface area contributed by atoms with Gasteiger partial charge in [0.05, 0.1) is 5.56 Å². The van der Waals surface area contributed by atoms with Crippen molar-refractivity contribution < 1.29 is 9.90 Å². The molecular formula is C15H15NO2. The number of anilines is 2. The molecule has 0 amide bonds. The second kappa shape index (κ2) is 4.92. The van der Waals surface area contributed by atoms with Gasteiger partial charge in [0.1, 0.15) is 0 Å². The smallest absolute Gasteiger partial charge is 0.335 e. The fourth-order valence-corrected chi connectivity index (χ4v) is 1.80. The maximum Gasteiger partial charge on any atom is 0.335 e. The Labute approximate surface area is 106 Å². The van der Waals surface area contributed by atoms with Crippen LogP contribution in [0.4, 0.5) is 11.4 Å². The molecule has 0 fully saturated rings. The lowest BCUT2D eigenvalue weighted by Gasteiger charge is -2.12. The number of rotatable bonds is 3. The zero-order valence-corrected chi connectivity index (χ0v) is 10.4. The van der Waals surface area contributed by atoms with Crippen molar-refractivity contribution in [3.05, 3.63) is 59.2 Å². The van der Waals surface area contributed by atoms with Crippen molar-refractivity contribution in [1.82, 2.24) is 0 Å². The predicted octanol–water partition coefficient (Wildman–Crippen LogP) is 3.75. The van der Waals surface area contributed by atoms with Gasteiger partial charge in [0.15, 0.2) is 0 Å². The molecule has 0 radical (unpaired) electrons. The van der Waals surface area contributed by atoms with Gasteiger partial charge >= 0.3 is 5.97 Å². The summed E-state index contributed by atoms with van der Waals surface area (Å²) in [4.78, 5) is 10.9. The maximum atomic E-state index is 10.9. The van der Waals surface area contributed by atoms with Gasteiger partial charge in [0, 0.05) is 11.4 Å². The summed E-state index contributed by atoms with van der Waals surface area (Å²) in [5.74, 6) is -0.902. The van der Waals surface area contributed by atoms with Crippen molar-refractivity contribution in [3.8, 4) is 0 Å². The normalized spacial score (nSPS) is 10.1. The van der Waals surface area contributed by atoms with Gasteiger partial charge in [-0.05, 0) is 49.2 Å². The molecule has 18 heavy (non-hydrogen) atoms. The standard InChI is InChI=1S/C15H15NO2/c1-10-5-3-4-6-13(10)16-14-8-7-12(15(17)18)9-11(14)2/h3-9,16H,1-2H3,(H,17,18). The number of nitrogens with one attached hydrogen (secondary N) is 1. The molecule has 0 unspecified atom stereocenters. The molecule has 2 aromatic carbocycles. The molecule has 0 spiro atoms. The van der Waals surface area contributed by atoms with Crippen LogP contribution in [0, 0.1) is 13.8 Å². The van der Waals surface area contributed by atoms with Crippen molar-refractivity contribution in [3.63, 3.8) is 0 Å². The first-order valence-corrected chi connectivity index (χ1v) is 5.74. The van der Waals surface area contributed by atoms with E-state index in [0.717, 1.165) is 22.5 Å². The van der Waals surface area contributed by atoms with Gasteiger partial charge < -0.3 is 10.4 Å². The number of carboxylic acid groups (broad SMARTS) is 1. The number of hydrogen-bond donors (Lipinski definition) is 2. The lowest BCUT2D eigenvalue weighted by molar-refractivity contribution is 0.0697. The predicted molar refractivity (Wildman–Crippen MR) is 72.6 cm³/mol. The van der Waals surface area contributed by atoms with Crippen LogP contribution in [0.15, 0.2) is 42.5 Å². The van der Waals surface area contributed by atoms with Crippen LogP contribution >= 0.6 is 0 Å². The van der Waals surface area contributed by atoms with Crippen molar-refractivity contribution in [2.45, 2.75) is 13.8 Å². The Kier molecular flexibility index (Phi) is 3.33. The van der Waals surface area contributed by atoms with E-state index in [0.29, 0.717) is 5.56 Å². The van der Waals surface area contributed by atoms with E-state index in [9.17, 15) is 4.79 Å². The molecule has 0 bridgehead atoms. The van der Waals surface area contributed by atoms with Gasteiger partial charge in [-0.1, -0.05) is 18.2 Å². The minimum absolute atomic E-state index is 0.308. The SMILES string of the molecule is Cc1ccccc1Nc1ccc(C(=O)O)cc1C. The number of carboxylic acids is 1. The maximum absolute atomic E-state index is 10.9. The minimum atomic E-state index is -0.902. The monoisotopic (exact) mass is 241 g/mol. The zero-order chi connectivity index (χ0) is 13.1. The van der Waals surface area contributed by atoms with Crippen molar-refractivity contribution in [1.29, 1.82) is 0 Å². The van der Waals surface area contributed by atoms with E-state index < -0.39 is 5.97 Å². The molecule has 2 aromatic rings. The first-order chi connectivity index (χ1) is 8.58. The van der Waals surface area contributed by atoms with Crippen LogP contribution in [0.3, 0.4) is 0 Å². The lowest BCUT2D eigenvalue weighted by atomic mass is 10.1. The molecule has 0 saturated carbocycles. The highest BCUT2D eigenvalue weighted by Crippen LogP contribution is 2.23. The summed E-state index contributed by atoms with van der Waals surface area (Å²) in [7, 11) is 0. The summed E-state index contributed by atoms with van der Waals surface area (Å²) in [5.41, 5.74) is 4.33. The van der Waals surface area contributed by atoms with E-state index >= 15 is 0 Å². The van der Waals surface area contributed by atoms with Crippen LogP contribution in [0.25, 0.3) is 0 Å². The Hall–Kier alpha value is -2.29. The van der Waals surface area contributed by atoms with Gasteiger partial charge in [-0.15, -0.1) is 0 Å². The molecule has 0 aliphatic heterocycles. The third-order valence-electron chi connectivity index (χ3n) is 2.89. The number of aromatic carboxylic acids is 1. The van der Waals surface area contributed by atoms with E-state index in [-0.39, 0.29) is 0 Å². The zero-order valence-electron chi connectivity index (χ0n) is 10.4. The van der Waals surface area contributed by atoms with E-state index in [1.54, 1.807) is 18.2 Å². The minimum Gasteiger partial charge on any atom is -0.478 e. The molecular weight excluding hydrogens is 226 g/mol. The van der Waals surface area contributed by atoms with E-state index in [4.69, 9.17) is 5.11 Å². The van der Waals surface area contributed by atoms with E-state index in [1.807, 2.05) is 38.1 Å². The molecule has 0 heterocycles. The van der Waals surface area contributed by atoms with Crippen LogP contribution < -0.4 is 5.32 Å². The summed E-state index contributed by atoms with van der Waals surface area (Å²) in [6.07, 6.45) is 0. The largest absolute Gasteiger partial charge is 0.478 e. The van der Waals surface area contributed by atoms with Crippen LogP contribution in [0.5, 0.6) is 0 Å². The van der Waals surface area contributed by atoms with Crippen LogP contribution in [0.2, 0.25) is 0 Å². The first-order valence-electron chi connectivity index (χ1n) is 5.74. The highest BCUT2D eigenvalue weighted by Gasteiger charge is 2.06. The summed E-state index contributed by atoms with van der Waals surface area (Å²) < 4.78 is 0. The molecule has 0 atom stereocenters. The van der Waals surface area contributed by atoms with Crippen molar-refractivity contribution in [2.24, 2.45) is 0 Å². The average Bonchev–Trinajstić information content (AvgIpc) is 2.34. The van der Waals surface area contributed by atoms with E-state index in [2.05, 4.69) is 5.32 Å². The van der Waals surface area contributed by atoms with Gasteiger partial charge in [-0.25, -0.2) is 4.79 Å². The molecule has 0 aliphatic carbocycles. The quantitative estimate of drug-likeness (QED) is 0.860. The Morgan fingerprint density at radius 2 is 1.67 bits per heavy atom. The summed E-state index contributed by atoms with van der Waals surface area (Å²) >= 11 is 0. The van der Waals surface area contributed by atoms with Crippen LogP contribution in [-0.2, 0) is 0 Å². The fourth-order valence-electron chi connectivity index (χ4n) is 1.80. The fraction of sp³-hybridized carbons (Fsp3) is 0.133. The number of para-hydroxylation sites is 1. The first kappa shape index (κ1) is 12.2. The van der Waals surface area contributed by atoms with Crippen LogP contribution in [-0.4, -0.2) is 11.1 Å². The Morgan fingerprint density at radius 1 is 1.00 bits per heavy atom. The van der Waals surface area contributed by atoms with Crippen molar-refractivity contribution in [2.75, 3.05) is 5.32 Å². The Morgan fingerprint density at radius 3 is 2.28 bits per heavy atom. The summed E-state index contributed by atoms with van der Waals surface area (Å²) in [6, 6.07) is 13.1. The lowest BCUT2D eigenvalue weighted by Crippen LogP contribution is -2.00. The Balaban J connectivity index is 2.30.